The molecule has 0 radical (unpaired) electrons. The lowest BCUT2D eigenvalue weighted by atomic mass is 9.85. The Balaban J connectivity index is 1.47. The summed E-state index contributed by atoms with van der Waals surface area (Å²) in [7, 11) is -3.83. The number of halogens is 1. The van der Waals surface area contributed by atoms with Crippen LogP contribution < -0.4 is 9.05 Å². The number of rotatable bonds is 13. The molecule has 0 bridgehead atoms. The van der Waals surface area contributed by atoms with Gasteiger partial charge in [-0.05, 0) is 55.9 Å². The lowest BCUT2D eigenvalue weighted by Gasteiger charge is -2.30. The Morgan fingerprint density at radius 2 is 1.44 bits per heavy atom. The van der Waals surface area contributed by atoms with Crippen LogP contribution in [-0.2, 0) is 13.8 Å². The van der Waals surface area contributed by atoms with Crippen LogP contribution in [-0.4, -0.2) is 19.3 Å². The van der Waals surface area contributed by atoms with Gasteiger partial charge in [0.2, 0.25) is 0 Å². The summed E-state index contributed by atoms with van der Waals surface area (Å²) in [4.78, 5) is 0. The van der Waals surface area contributed by atoms with Gasteiger partial charge >= 0.3 is 7.82 Å². The van der Waals surface area contributed by atoms with Crippen LogP contribution in [0.2, 0.25) is 0 Å². The predicted molar refractivity (Wildman–Crippen MR) is 131 cm³/mol. The van der Waals surface area contributed by atoms with Gasteiger partial charge in [0.25, 0.3) is 0 Å². The van der Waals surface area contributed by atoms with Crippen LogP contribution >= 0.6 is 23.8 Å². The van der Waals surface area contributed by atoms with Crippen molar-refractivity contribution in [2.45, 2.75) is 51.0 Å². The summed E-state index contributed by atoms with van der Waals surface area (Å²) in [6.07, 6.45) is 7.71. The van der Waals surface area contributed by atoms with Gasteiger partial charge in [0.05, 0.1) is 12.7 Å². The van der Waals surface area contributed by atoms with E-state index in [0.717, 1.165) is 10.9 Å². The van der Waals surface area contributed by atoms with E-state index in [0.29, 0.717) is 30.4 Å². The van der Waals surface area contributed by atoms with Crippen LogP contribution in [0, 0.1) is 5.92 Å². The topological polar surface area (TPSA) is 54.0 Å². The number of phosphoric acid groups is 1. The van der Waals surface area contributed by atoms with Crippen LogP contribution in [0.25, 0.3) is 0 Å². The van der Waals surface area contributed by atoms with Gasteiger partial charge in [0, 0.05) is 11.1 Å². The highest BCUT2D eigenvalue weighted by Gasteiger charge is 2.31. The maximum atomic E-state index is 13.3. The van der Waals surface area contributed by atoms with Gasteiger partial charge in [-0.3, -0.25) is 4.52 Å². The number of hydrogen-bond acceptors (Lipinski definition) is 5. The van der Waals surface area contributed by atoms with E-state index < -0.39 is 7.82 Å². The zero-order chi connectivity index (χ0) is 22.7. The van der Waals surface area contributed by atoms with Gasteiger partial charge in [0.1, 0.15) is 11.5 Å². The largest absolute Gasteiger partial charge is 0.587 e. The van der Waals surface area contributed by atoms with Crippen LogP contribution in [0.3, 0.4) is 0 Å². The molecule has 32 heavy (non-hydrogen) atoms. The number of benzene rings is 2. The Hall–Kier alpha value is -1.59. The summed E-state index contributed by atoms with van der Waals surface area (Å²) in [5, 5.41) is 0. The van der Waals surface area contributed by atoms with Gasteiger partial charge in [0.15, 0.2) is 0 Å². The average molecular weight is 523 g/mol. The third kappa shape index (κ3) is 8.40. The zero-order valence-electron chi connectivity index (χ0n) is 18.4. The van der Waals surface area contributed by atoms with E-state index in [9.17, 15) is 4.57 Å². The molecule has 1 fully saturated rings. The Bertz CT molecular complexity index is 810. The first-order valence-corrected chi connectivity index (χ1v) is 13.5. The number of ether oxygens (including phenoxy) is 1. The lowest BCUT2D eigenvalue weighted by Crippen LogP contribution is -2.26. The summed E-state index contributed by atoms with van der Waals surface area (Å²) in [5.41, 5.74) is 0. The first-order valence-electron chi connectivity index (χ1n) is 11.3. The number of unbranched alkanes of at least 4 members (excludes halogenated alkanes) is 1. The minimum atomic E-state index is -3.83. The van der Waals surface area contributed by atoms with E-state index >= 15 is 0 Å². The first kappa shape index (κ1) is 25.0. The highest BCUT2D eigenvalue weighted by atomic mass is 79.9. The summed E-state index contributed by atoms with van der Waals surface area (Å²) < 4.78 is 37.2. The van der Waals surface area contributed by atoms with Crippen molar-refractivity contribution in [3.63, 3.8) is 0 Å². The molecule has 0 N–H and O–H groups in total. The molecule has 7 heteroatoms. The van der Waals surface area contributed by atoms with Gasteiger partial charge in [-0.2, -0.15) is 0 Å². The van der Waals surface area contributed by atoms with Gasteiger partial charge < -0.3 is 13.8 Å². The zero-order valence-corrected chi connectivity index (χ0v) is 20.8. The van der Waals surface area contributed by atoms with E-state index in [1.807, 2.05) is 12.1 Å². The molecule has 0 saturated heterocycles. The molecule has 0 spiro atoms. The van der Waals surface area contributed by atoms with Crippen LogP contribution in [0.1, 0.15) is 44.9 Å². The van der Waals surface area contributed by atoms with E-state index in [4.69, 9.17) is 18.3 Å². The van der Waals surface area contributed by atoms with Gasteiger partial charge in [-0.1, -0.05) is 78.2 Å². The maximum Gasteiger partial charge on any atom is 0.587 e. The second-order valence-corrected chi connectivity index (χ2v) is 10.5. The molecule has 0 heterocycles. The molecule has 0 amide bonds. The van der Waals surface area contributed by atoms with Crippen molar-refractivity contribution in [2.24, 2.45) is 5.92 Å². The molecule has 0 aliphatic heterocycles. The molecule has 5 nitrogen and oxygen atoms in total. The molecule has 1 atom stereocenters. The standard InChI is InChI=1S/C25H32BrO5P/c1-21(26)25(22-13-5-2-6-14-22)28-19-11-12-20-29-32(27,30-23-15-7-3-8-16-23)31-24-17-9-4-10-18-24/h3-4,7-10,15-18,22,25H,1-2,5-6,11-14,19-20H2. The van der Waals surface area contributed by atoms with Crippen molar-refractivity contribution in [1.29, 1.82) is 0 Å². The van der Waals surface area contributed by atoms with Crippen LogP contribution in [0.5, 0.6) is 11.5 Å². The number of hydrogen-bond donors (Lipinski definition) is 0. The second kappa shape index (κ2) is 13.2. The van der Waals surface area contributed by atoms with Gasteiger partial charge in [-0.25, -0.2) is 4.57 Å². The minimum absolute atomic E-state index is 0.0464. The third-order valence-corrected chi connectivity index (χ3v) is 7.21. The lowest BCUT2D eigenvalue weighted by molar-refractivity contribution is 0.0268. The van der Waals surface area contributed by atoms with E-state index in [2.05, 4.69) is 22.5 Å². The van der Waals surface area contributed by atoms with Crippen molar-refractivity contribution in [1.82, 2.24) is 0 Å². The summed E-state index contributed by atoms with van der Waals surface area (Å²) >= 11 is 3.53. The summed E-state index contributed by atoms with van der Waals surface area (Å²) in [6.45, 7) is 4.89. The molecular weight excluding hydrogens is 491 g/mol. The predicted octanol–water partition coefficient (Wildman–Crippen LogP) is 7.92. The monoisotopic (exact) mass is 522 g/mol. The van der Waals surface area contributed by atoms with Crippen molar-refractivity contribution >= 4 is 23.8 Å². The van der Waals surface area contributed by atoms with Crippen LogP contribution in [0.4, 0.5) is 0 Å². The van der Waals surface area contributed by atoms with E-state index in [1.54, 1.807) is 48.5 Å². The normalized spacial score (nSPS) is 15.8. The van der Waals surface area contributed by atoms with Crippen molar-refractivity contribution < 1.29 is 22.9 Å². The van der Waals surface area contributed by atoms with Crippen LogP contribution in [0.15, 0.2) is 71.7 Å². The fourth-order valence-electron chi connectivity index (χ4n) is 3.80. The molecule has 1 aliphatic carbocycles. The molecule has 0 aromatic heterocycles. The molecular formula is C25H32BrO5P. The molecule has 3 rings (SSSR count). The highest BCUT2D eigenvalue weighted by Crippen LogP contribution is 2.49. The molecule has 174 valence electrons. The quantitative estimate of drug-likeness (QED) is 0.197. The van der Waals surface area contributed by atoms with E-state index in [1.165, 1.54) is 32.1 Å². The molecule has 2 aromatic carbocycles. The SMILES string of the molecule is C=C(Br)C(OCCCCOP(=O)(Oc1ccccc1)Oc1ccccc1)C1CCCCC1. The first-order chi connectivity index (χ1) is 15.6. The second-order valence-electron chi connectivity index (χ2n) is 7.93. The Kier molecular flexibility index (Phi) is 10.3. The average Bonchev–Trinajstić information content (AvgIpc) is 2.80. The Morgan fingerprint density at radius 3 is 1.97 bits per heavy atom. The van der Waals surface area contributed by atoms with Gasteiger partial charge in [-0.15, -0.1) is 0 Å². The minimum Gasteiger partial charge on any atom is -0.395 e. The maximum absolute atomic E-state index is 13.3. The molecule has 1 aliphatic rings. The fraction of sp³-hybridized carbons (Fsp3) is 0.440. The van der Waals surface area contributed by atoms with Crippen molar-refractivity contribution in [3.8, 4) is 11.5 Å². The van der Waals surface area contributed by atoms with E-state index in [-0.39, 0.29) is 12.7 Å². The molecule has 2 aromatic rings. The molecule has 1 saturated carbocycles. The third-order valence-electron chi connectivity index (χ3n) is 5.39. The fourth-order valence-corrected chi connectivity index (χ4v) is 5.56. The van der Waals surface area contributed by atoms with Crippen molar-refractivity contribution in [3.05, 3.63) is 71.7 Å². The summed E-state index contributed by atoms with van der Waals surface area (Å²) in [6, 6.07) is 17.8. The Morgan fingerprint density at radius 1 is 0.906 bits per heavy atom. The number of para-hydroxylation sites is 2. The summed E-state index contributed by atoms with van der Waals surface area (Å²) in [5.74, 6) is 1.40. The molecule has 1 unspecified atom stereocenters. The number of phosphoric ester groups is 1. The van der Waals surface area contributed by atoms with Crippen molar-refractivity contribution in [2.75, 3.05) is 13.2 Å². The highest BCUT2D eigenvalue weighted by molar-refractivity contribution is 9.11. The Labute approximate surface area is 199 Å². The smallest absolute Gasteiger partial charge is 0.395 e.